The van der Waals surface area contributed by atoms with Crippen LogP contribution in [-0.2, 0) is 18.3 Å². The van der Waals surface area contributed by atoms with Crippen molar-refractivity contribution in [3.63, 3.8) is 0 Å². The molecule has 1 aliphatic heterocycles. The molecule has 3 aromatic rings. The fourth-order valence-corrected chi connectivity index (χ4v) is 4.61. The summed E-state index contributed by atoms with van der Waals surface area (Å²) >= 11 is 0. The van der Waals surface area contributed by atoms with E-state index in [1.165, 1.54) is 5.56 Å². The van der Waals surface area contributed by atoms with Crippen molar-refractivity contribution in [3.05, 3.63) is 57.5 Å². The zero-order valence-electron chi connectivity index (χ0n) is 21.0. The standard InChI is InChI=1S/C26H35N5O3/c1-17-10-7-8-11-19(17)15-31-22-21(18(2)14-29(6)23(22)32)28-24(31)30-13-9-12-20(16-30)27-25(33)34-26(3,4)5/h7-8,10-11,14,20H,9,12-13,15-16H2,1-6H3,(H,27,33)/t20-/m1/s1. The molecule has 34 heavy (non-hydrogen) atoms. The summed E-state index contributed by atoms with van der Waals surface area (Å²) in [6, 6.07) is 8.16. The van der Waals surface area contributed by atoms with Crippen molar-refractivity contribution < 1.29 is 9.53 Å². The third-order valence-electron chi connectivity index (χ3n) is 6.25. The molecule has 4 rings (SSSR count). The smallest absolute Gasteiger partial charge is 0.407 e. The van der Waals surface area contributed by atoms with E-state index in [9.17, 15) is 9.59 Å². The highest BCUT2D eigenvalue weighted by atomic mass is 16.6. The van der Waals surface area contributed by atoms with E-state index in [-0.39, 0.29) is 11.6 Å². The summed E-state index contributed by atoms with van der Waals surface area (Å²) in [5.74, 6) is 0.764. The van der Waals surface area contributed by atoms with Crippen molar-refractivity contribution in [2.75, 3.05) is 18.0 Å². The van der Waals surface area contributed by atoms with Crippen molar-refractivity contribution in [3.8, 4) is 0 Å². The van der Waals surface area contributed by atoms with Crippen LogP contribution < -0.4 is 15.8 Å². The highest BCUT2D eigenvalue weighted by Gasteiger charge is 2.28. The molecule has 0 unspecified atom stereocenters. The molecular weight excluding hydrogens is 430 g/mol. The number of aryl methyl sites for hydroxylation is 3. The van der Waals surface area contributed by atoms with Crippen molar-refractivity contribution in [2.45, 2.75) is 65.6 Å². The maximum absolute atomic E-state index is 13.2. The van der Waals surface area contributed by atoms with Gasteiger partial charge in [-0.15, -0.1) is 0 Å². The minimum Gasteiger partial charge on any atom is -0.444 e. The summed E-state index contributed by atoms with van der Waals surface area (Å²) in [6.45, 7) is 11.6. The maximum atomic E-state index is 13.2. The van der Waals surface area contributed by atoms with E-state index in [1.807, 2.05) is 50.6 Å². The molecule has 1 amide bonds. The molecule has 1 atom stereocenters. The highest BCUT2D eigenvalue weighted by molar-refractivity contribution is 5.81. The van der Waals surface area contributed by atoms with E-state index in [0.29, 0.717) is 18.6 Å². The van der Waals surface area contributed by atoms with Gasteiger partial charge in [-0.2, -0.15) is 0 Å². The Labute approximate surface area is 200 Å². The van der Waals surface area contributed by atoms with E-state index >= 15 is 0 Å². The van der Waals surface area contributed by atoms with Gasteiger partial charge in [0, 0.05) is 32.4 Å². The molecule has 0 aliphatic carbocycles. The molecule has 1 aromatic carbocycles. The molecule has 1 fully saturated rings. The van der Waals surface area contributed by atoms with Gasteiger partial charge < -0.3 is 24.1 Å². The predicted molar refractivity (Wildman–Crippen MR) is 135 cm³/mol. The normalized spacial score (nSPS) is 16.6. The second-order valence-electron chi connectivity index (χ2n) is 10.3. The minimum atomic E-state index is -0.544. The highest BCUT2D eigenvalue weighted by Crippen LogP contribution is 2.27. The summed E-state index contributed by atoms with van der Waals surface area (Å²) in [5, 5.41) is 3.01. The lowest BCUT2D eigenvalue weighted by Crippen LogP contribution is -2.49. The molecule has 0 saturated carbocycles. The summed E-state index contributed by atoms with van der Waals surface area (Å²) in [4.78, 5) is 32.7. The summed E-state index contributed by atoms with van der Waals surface area (Å²) in [7, 11) is 1.78. The van der Waals surface area contributed by atoms with Crippen LogP contribution in [0.4, 0.5) is 10.7 Å². The Kier molecular flexibility index (Phi) is 6.43. The van der Waals surface area contributed by atoms with Crippen LogP contribution in [0.15, 0.2) is 35.3 Å². The number of nitrogens with zero attached hydrogens (tertiary/aromatic N) is 4. The molecule has 8 nitrogen and oxygen atoms in total. The first-order valence-corrected chi connectivity index (χ1v) is 11.9. The predicted octanol–water partition coefficient (Wildman–Crippen LogP) is 3.89. The molecular formula is C26H35N5O3. The summed E-state index contributed by atoms with van der Waals surface area (Å²) in [5.41, 5.74) is 4.01. The van der Waals surface area contributed by atoms with Gasteiger partial charge >= 0.3 is 6.09 Å². The number of pyridine rings is 1. The number of carbonyl (C=O) groups excluding carboxylic acids is 1. The van der Waals surface area contributed by atoms with Crippen molar-refractivity contribution in [1.29, 1.82) is 0 Å². The minimum absolute atomic E-state index is 0.0562. The molecule has 2 aromatic heterocycles. The van der Waals surface area contributed by atoms with Crippen LogP contribution in [0.25, 0.3) is 11.0 Å². The second kappa shape index (κ2) is 9.16. The number of anilines is 1. The molecule has 0 bridgehead atoms. The van der Waals surface area contributed by atoms with Gasteiger partial charge in [-0.25, -0.2) is 9.78 Å². The zero-order chi connectivity index (χ0) is 24.6. The Morgan fingerprint density at radius 1 is 1.21 bits per heavy atom. The van der Waals surface area contributed by atoms with Crippen molar-refractivity contribution in [1.82, 2.24) is 19.4 Å². The van der Waals surface area contributed by atoms with E-state index in [2.05, 4.69) is 29.3 Å². The monoisotopic (exact) mass is 465 g/mol. The Balaban J connectivity index is 1.72. The number of hydrogen-bond acceptors (Lipinski definition) is 5. The third kappa shape index (κ3) is 4.95. The Morgan fingerprint density at radius 3 is 2.65 bits per heavy atom. The first-order valence-electron chi connectivity index (χ1n) is 11.9. The van der Waals surface area contributed by atoms with Crippen LogP contribution in [0.2, 0.25) is 0 Å². The number of amides is 1. The Hall–Kier alpha value is -3.29. The number of piperidine rings is 1. The van der Waals surface area contributed by atoms with Gasteiger partial charge in [-0.3, -0.25) is 4.79 Å². The van der Waals surface area contributed by atoms with Crippen LogP contribution in [-0.4, -0.2) is 44.9 Å². The first-order chi connectivity index (χ1) is 16.0. The molecule has 8 heteroatoms. The van der Waals surface area contributed by atoms with E-state index in [4.69, 9.17) is 9.72 Å². The number of hydrogen-bond donors (Lipinski definition) is 1. The van der Waals surface area contributed by atoms with Gasteiger partial charge in [-0.1, -0.05) is 24.3 Å². The first kappa shape index (κ1) is 23.9. The topological polar surface area (TPSA) is 81.4 Å². The van der Waals surface area contributed by atoms with Crippen LogP contribution in [0.1, 0.15) is 50.3 Å². The summed E-state index contributed by atoms with van der Waals surface area (Å²) in [6.07, 6.45) is 3.21. The second-order valence-corrected chi connectivity index (χ2v) is 10.3. The van der Waals surface area contributed by atoms with Crippen LogP contribution in [0.3, 0.4) is 0 Å². The molecule has 1 saturated heterocycles. The number of rotatable bonds is 4. The van der Waals surface area contributed by atoms with Gasteiger partial charge in [0.25, 0.3) is 5.56 Å². The number of aromatic nitrogens is 3. The van der Waals surface area contributed by atoms with E-state index < -0.39 is 11.7 Å². The average molecular weight is 466 g/mol. The van der Waals surface area contributed by atoms with Crippen molar-refractivity contribution in [2.24, 2.45) is 7.05 Å². The number of imidazole rings is 1. The molecule has 1 aliphatic rings. The zero-order valence-corrected chi connectivity index (χ0v) is 21.0. The molecule has 0 spiro atoms. The van der Waals surface area contributed by atoms with Gasteiger partial charge in [0.1, 0.15) is 16.6 Å². The number of fused-ring (bicyclic) bond motifs is 1. The van der Waals surface area contributed by atoms with Gasteiger partial charge in [0.2, 0.25) is 5.95 Å². The number of alkyl carbamates (subject to hydrolysis) is 1. The third-order valence-corrected chi connectivity index (χ3v) is 6.25. The SMILES string of the molecule is Cc1ccccc1Cn1c(N2CCC[C@@H](NC(=O)OC(C)(C)C)C2)nc2c(C)cn(C)c(=O)c21. The molecule has 3 heterocycles. The quantitative estimate of drug-likeness (QED) is 0.632. The lowest BCUT2D eigenvalue weighted by atomic mass is 10.1. The average Bonchev–Trinajstić information content (AvgIpc) is 3.12. The van der Waals surface area contributed by atoms with Crippen molar-refractivity contribution >= 4 is 23.1 Å². The number of benzene rings is 1. The van der Waals surface area contributed by atoms with Gasteiger partial charge in [0.15, 0.2) is 0 Å². The number of nitrogens with one attached hydrogen (secondary N) is 1. The van der Waals surface area contributed by atoms with E-state index in [1.54, 1.807) is 11.6 Å². The molecule has 182 valence electrons. The number of ether oxygens (including phenoxy) is 1. The van der Waals surface area contributed by atoms with Crippen LogP contribution >= 0.6 is 0 Å². The van der Waals surface area contributed by atoms with E-state index in [0.717, 1.165) is 42.0 Å². The maximum Gasteiger partial charge on any atom is 0.407 e. The lowest BCUT2D eigenvalue weighted by molar-refractivity contribution is 0.0500. The van der Waals surface area contributed by atoms with Crippen LogP contribution in [0.5, 0.6) is 0 Å². The molecule has 0 radical (unpaired) electrons. The molecule has 1 N–H and O–H groups in total. The number of carbonyl (C=O) groups is 1. The lowest BCUT2D eigenvalue weighted by Gasteiger charge is -2.34. The van der Waals surface area contributed by atoms with Gasteiger partial charge in [0.05, 0.1) is 6.54 Å². The Morgan fingerprint density at radius 2 is 1.94 bits per heavy atom. The summed E-state index contributed by atoms with van der Waals surface area (Å²) < 4.78 is 9.13. The van der Waals surface area contributed by atoms with Crippen LogP contribution in [0, 0.1) is 13.8 Å². The Bertz CT molecular complexity index is 1270. The largest absolute Gasteiger partial charge is 0.444 e. The fourth-order valence-electron chi connectivity index (χ4n) is 4.61. The fraction of sp³-hybridized carbons (Fsp3) is 0.500. The van der Waals surface area contributed by atoms with Gasteiger partial charge in [-0.05, 0) is 64.2 Å².